The monoisotopic (exact) mass is 279 g/mol. The van der Waals surface area contributed by atoms with Crippen molar-refractivity contribution in [1.82, 2.24) is 14.6 Å². The molecule has 20 heavy (non-hydrogen) atoms. The number of benzene rings is 1. The number of aromatic nitrogens is 3. The smallest absolute Gasteiger partial charge is 0.272 e. The van der Waals surface area contributed by atoms with Gasteiger partial charge in [-0.25, -0.2) is 4.98 Å². The molecule has 0 aliphatic rings. The summed E-state index contributed by atoms with van der Waals surface area (Å²) in [5.74, 6) is 0.00113. The molecule has 1 aromatic carbocycles. The van der Waals surface area contributed by atoms with Crippen molar-refractivity contribution >= 4 is 5.65 Å². The van der Waals surface area contributed by atoms with Gasteiger partial charge in [0.15, 0.2) is 11.5 Å². The Hall–Kier alpha value is -2.57. The fraction of sp³-hybridized carbons (Fsp3) is 0.0769. The molecule has 0 radical (unpaired) electrons. The summed E-state index contributed by atoms with van der Waals surface area (Å²) >= 11 is 0. The van der Waals surface area contributed by atoms with Gasteiger partial charge in [-0.15, -0.1) is 0 Å². The molecule has 0 saturated heterocycles. The van der Waals surface area contributed by atoms with E-state index in [4.69, 9.17) is 0 Å². The van der Waals surface area contributed by atoms with Crippen LogP contribution in [-0.4, -0.2) is 14.6 Å². The van der Waals surface area contributed by atoms with Crippen LogP contribution in [0.1, 0.15) is 5.56 Å². The molecule has 0 spiro atoms. The van der Waals surface area contributed by atoms with E-state index >= 15 is 0 Å². The van der Waals surface area contributed by atoms with Crippen LogP contribution in [0.5, 0.6) is 0 Å². The number of hydrogen-bond donors (Lipinski definition) is 1. The summed E-state index contributed by atoms with van der Waals surface area (Å²) < 4.78 is 40.0. The van der Waals surface area contributed by atoms with Gasteiger partial charge in [0.2, 0.25) is 0 Å². The molecule has 1 N–H and O–H groups in total. The van der Waals surface area contributed by atoms with E-state index in [0.29, 0.717) is 0 Å². The van der Waals surface area contributed by atoms with E-state index in [9.17, 15) is 18.0 Å². The topological polar surface area (TPSA) is 50.2 Å². The lowest BCUT2D eigenvalue weighted by molar-refractivity contribution is -0.137. The number of fused-ring (bicyclic) bond motifs is 1. The Balaban J connectivity index is 2.27. The van der Waals surface area contributed by atoms with E-state index in [1.807, 2.05) is 0 Å². The summed E-state index contributed by atoms with van der Waals surface area (Å²) in [7, 11) is 0. The Morgan fingerprint density at radius 2 is 1.80 bits per heavy atom. The molecule has 0 saturated carbocycles. The van der Waals surface area contributed by atoms with Gasteiger partial charge in [0.25, 0.3) is 5.56 Å². The second-order valence-electron chi connectivity index (χ2n) is 4.17. The van der Waals surface area contributed by atoms with Gasteiger partial charge < -0.3 is 0 Å². The minimum Gasteiger partial charge on any atom is -0.272 e. The minimum absolute atomic E-state index is 0.00113. The Bertz CT molecular complexity index is 832. The highest BCUT2D eigenvalue weighted by atomic mass is 19.4. The van der Waals surface area contributed by atoms with E-state index in [0.717, 1.165) is 10.6 Å². The molecule has 0 bridgehead atoms. The summed E-state index contributed by atoms with van der Waals surface area (Å²) in [6, 6.07) is 9.42. The highest BCUT2D eigenvalue weighted by molar-refractivity contribution is 5.63. The zero-order valence-electron chi connectivity index (χ0n) is 9.98. The van der Waals surface area contributed by atoms with E-state index in [1.165, 1.54) is 36.4 Å². The van der Waals surface area contributed by atoms with Crippen molar-refractivity contribution in [3.8, 4) is 11.4 Å². The van der Waals surface area contributed by atoms with Crippen molar-refractivity contribution in [3.63, 3.8) is 0 Å². The lowest BCUT2D eigenvalue weighted by Crippen LogP contribution is -2.11. The molecule has 0 aliphatic carbocycles. The molecule has 0 unspecified atom stereocenters. The first-order chi connectivity index (χ1) is 9.47. The van der Waals surface area contributed by atoms with Crippen molar-refractivity contribution in [2.45, 2.75) is 6.18 Å². The molecule has 0 atom stereocenters. The molecule has 3 rings (SSSR count). The average Bonchev–Trinajstić information content (AvgIpc) is 2.83. The van der Waals surface area contributed by atoms with Crippen molar-refractivity contribution in [2.75, 3.05) is 0 Å². The maximum atomic E-state index is 13.0. The Kier molecular flexibility index (Phi) is 2.63. The first kappa shape index (κ1) is 12.5. The number of H-pyrrole nitrogens is 1. The fourth-order valence-corrected chi connectivity index (χ4v) is 1.98. The van der Waals surface area contributed by atoms with E-state index in [1.54, 1.807) is 0 Å². The third-order valence-corrected chi connectivity index (χ3v) is 2.87. The van der Waals surface area contributed by atoms with Crippen LogP contribution in [-0.2, 0) is 6.18 Å². The predicted molar refractivity (Wildman–Crippen MR) is 66.3 cm³/mol. The third-order valence-electron chi connectivity index (χ3n) is 2.87. The number of pyridine rings is 1. The lowest BCUT2D eigenvalue weighted by Gasteiger charge is -2.10. The fourth-order valence-electron chi connectivity index (χ4n) is 1.98. The van der Waals surface area contributed by atoms with Gasteiger partial charge in [-0.05, 0) is 12.1 Å². The molecule has 4 nitrogen and oxygen atoms in total. The van der Waals surface area contributed by atoms with Gasteiger partial charge >= 0.3 is 6.18 Å². The third kappa shape index (κ3) is 1.97. The standard InChI is InChI=1S/C13H8F3N3O/c14-13(15,16)9-5-2-1-4-8(9)12-17-10-6-3-7-11(20)19(10)18-12/h1-7H,(H,17,18). The Morgan fingerprint density at radius 1 is 1.05 bits per heavy atom. The quantitative estimate of drug-likeness (QED) is 0.744. The second kappa shape index (κ2) is 4.22. The molecule has 3 aromatic rings. The van der Waals surface area contributed by atoms with Crippen LogP contribution in [0.3, 0.4) is 0 Å². The number of hydrogen-bond acceptors (Lipinski definition) is 2. The van der Waals surface area contributed by atoms with E-state index < -0.39 is 11.7 Å². The molecule has 102 valence electrons. The molecule has 0 aliphatic heterocycles. The van der Waals surface area contributed by atoms with Gasteiger partial charge in [0.05, 0.1) is 5.56 Å². The molecule has 0 amide bonds. The van der Waals surface area contributed by atoms with Crippen LogP contribution >= 0.6 is 0 Å². The summed E-state index contributed by atoms with van der Waals surface area (Å²) in [5.41, 5.74) is -1.01. The molecule has 2 heterocycles. The van der Waals surface area contributed by atoms with Crippen LogP contribution in [0.2, 0.25) is 0 Å². The van der Waals surface area contributed by atoms with Gasteiger partial charge in [0, 0.05) is 11.6 Å². The van der Waals surface area contributed by atoms with Crippen LogP contribution in [0, 0.1) is 0 Å². The van der Waals surface area contributed by atoms with Crippen molar-refractivity contribution in [3.05, 3.63) is 58.4 Å². The Labute approximate surface area is 110 Å². The first-order valence-corrected chi connectivity index (χ1v) is 5.71. The van der Waals surface area contributed by atoms with Gasteiger partial charge in [-0.2, -0.15) is 17.7 Å². The zero-order chi connectivity index (χ0) is 14.3. The van der Waals surface area contributed by atoms with Crippen LogP contribution < -0.4 is 5.56 Å². The van der Waals surface area contributed by atoms with Crippen molar-refractivity contribution in [2.24, 2.45) is 0 Å². The molecule has 7 heteroatoms. The number of halogens is 3. The normalized spacial score (nSPS) is 11.9. The zero-order valence-corrected chi connectivity index (χ0v) is 9.98. The Morgan fingerprint density at radius 3 is 2.50 bits per heavy atom. The van der Waals surface area contributed by atoms with E-state index in [2.05, 4.69) is 10.1 Å². The highest BCUT2D eigenvalue weighted by Crippen LogP contribution is 2.35. The highest BCUT2D eigenvalue weighted by Gasteiger charge is 2.34. The van der Waals surface area contributed by atoms with Crippen molar-refractivity contribution < 1.29 is 13.2 Å². The van der Waals surface area contributed by atoms with Crippen molar-refractivity contribution in [1.29, 1.82) is 0 Å². The molecule has 2 aromatic heterocycles. The maximum absolute atomic E-state index is 13.0. The van der Waals surface area contributed by atoms with Gasteiger partial charge in [0.1, 0.15) is 0 Å². The largest absolute Gasteiger partial charge is 0.417 e. The summed E-state index contributed by atoms with van der Waals surface area (Å²) in [6.45, 7) is 0. The number of rotatable bonds is 1. The number of alkyl halides is 3. The van der Waals surface area contributed by atoms with E-state index in [-0.39, 0.29) is 22.6 Å². The number of aromatic amines is 1. The van der Waals surface area contributed by atoms with Crippen LogP contribution in [0.4, 0.5) is 13.2 Å². The maximum Gasteiger partial charge on any atom is 0.417 e. The summed E-state index contributed by atoms with van der Waals surface area (Å²) in [6.07, 6.45) is -4.49. The lowest BCUT2D eigenvalue weighted by atomic mass is 10.1. The SMILES string of the molecule is O=c1cccc2nc(-c3ccccc3C(F)(F)F)[nH]n12. The van der Waals surface area contributed by atoms with Gasteiger partial charge in [-0.3, -0.25) is 9.89 Å². The summed E-state index contributed by atoms with van der Waals surface area (Å²) in [4.78, 5) is 15.6. The molecular weight excluding hydrogens is 271 g/mol. The van der Waals surface area contributed by atoms with Crippen LogP contribution in [0.25, 0.3) is 17.0 Å². The number of nitrogens with zero attached hydrogens (tertiary/aromatic N) is 2. The molecule has 0 fully saturated rings. The van der Waals surface area contributed by atoms with Gasteiger partial charge in [-0.1, -0.05) is 24.3 Å². The predicted octanol–water partition coefficient (Wildman–Crippen LogP) is 2.71. The number of nitrogens with one attached hydrogen (secondary N) is 1. The first-order valence-electron chi connectivity index (χ1n) is 5.71. The summed E-state index contributed by atoms with van der Waals surface area (Å²) in [5, 5.41) is 2.59. The average molecular weight is 279 g/mol. The van der Waals surface area contributed by atoms with Crippen LogP contribution in [0.15, 0.2) is 47.3 Å². The second-order valence-corrected chi connectivity index (χ2v) is 4.17. The molecular formula is C13H8F3N3O. The minimum atomic E-state index is -4.49.